The highest BCUT2D eigenvalue weighted by atomic mass is 16.5. The van der Waals surface area contributed by atoms with Gasteiger partial charge in [-0.2, -0.15) is 0 Å². The second-order valence-electron chi connectivity index (χ2n) is 6.45. The summed E-state index contributed by atoms with van der Waals surface area (Å²) in [4.78, 5) is 12.4. The lowest BCUT2D eigenvalue weighted by Crippen LogP contribution is -2.35. The number of amides is 1. The zero-order valence-corrected chi connectivity index (χ0v) is 18.8. The molecule has 0 bridgehead atoms. The van der Waals surface area contributed by atoms with Crippen LogP contribution in [0.2, 0.25) is 0 Å². The Hall–Kier alpha value is -2.39. The molecule has 0 aliphatic heterocycles. The minimum Gasteiger partial charge on any atom is -0.383 e. The van der Waals surface area contributed by atoms with Gasteiger partial charge in [0.25, 0.3) is 5.91 Å². The first kappa shape index (κ1) is 25.6. The Labute approximate surface area is 171 Å². The van der Waals surface area contributed by atoms with Gasteiger partial charge >= 0.3 is 0 Å². The van der Waals surface area contributed by atoms with Crippen molar-refractivity contribution >= 4 is 5.91 Å². The van der Waals surface area contributed by atoms with E-state index in [1.165, 1.54) is 5.56 Å². The molecule has 1 atom stereocenters. The van der Waals surface area contributed by atoms with Gasteiger partial charge in [-0.1, -0.05) is 61.9 Å². The summed E-state index contributed by atoms with van der Waals surface area (Å²) < 4.78 is 5.05. The van der Waals surface area contributed by atoms with Crippen LogP contribution in [0, 0.1) is 13.8 Å². The number of benzene rings is 2. The van der Waals surface area contributed by atoms with E-state index < -0.39 is 0 Å². The molecule has 3 nitrogen and oxygen atoms in total. The molecular formula is C25H37NO2. The van der Waals surface area contributed by atoms with Crippen LogP contribution in [-0.2, 0) is 4.74 Å². The molecule has 28 heavy (non-hydrogen) atoms. The van der Waals surface area contributed by atoms with Gasteiger partial charge in [0.1, 0.15) is 0 Å². The Kier molecular flexibility index (Phi) is 13.4. The van der Waals surface area contributed by atoms with Gasteiger partial charge < -0.3 is 10.1 Å². The molecule has 0 saturated heterocycles. The maximum absolute atomic E-state index is 12.4. The first-order valence-electron chi connectivity index (χ1n) is 9.97. The first-order chi connectivity index (χ1) is 13.4. The van der Waals surface area contributed by atoms with E-state index >= 15 is 0 Å². The van der Waals surface area contributed by atoms with Crippen molar-refractivity contribution in [1.82, 2.24) is 5.32 Å². The number of nitrogens with one attached hydrogen (secondary N) is 1. The maximum atomic E-state index is 12.4. The lowest BCUT2D eigenvalue weighted by molar-refractivity contribution is 0.0905. The average Bonchev–Trinajstić information content (AvgIpc) is 2.70. The molecule has 1 unspecified atom stereocenters. The topological polar surface area (TPSA) is 38.3 Å². The highest BCUT2D eigenvalue weighted by Gasteiger charge is 2.11. The third-order valence-electron chi connectivity index (χ3n) is 3.85. The van der Waals surface area contributed by atoms with Crippen LogP contribution in [0.1, 0.15) is 56.1 Å². The summed E-state index contributed by atoms with van der Waals surface area (Å²) >= 11 is 0. The van der Waals surface area contributed by atoms with Gasteiger partial charge in [0.15, 0.2) is 0 Å². The van der Waals surface area contributed by atoms with Crippen LogP contribution in [-0.4, -0.2) is 25.7 Å². The molecule has 0 spiro atoms. The zero-order chi connectivity index (χ0) is 21.5. The molecule has 0 fully saturated rings. The number of carbonyl (C=O) groups excluding carboxylic acids is 1. The molecule has 2 aromatic carbocycles. The van der Waals surface area contributed by atoms with Gasteiger partial charge in [-0.25, -0.2) is 0 Å². The van der Waals surface area contributed by atoms with Gasteiger partial charge in [0.05, 0.1) is 6.61 Å². The Morgan fingerprint density at radius 3 is 2.04 bits per heavy atom. The van der Waals surface area contributed by atoms with Crippen molar-refractivity contribution < 1.29 is 9.53 Å². The van der Waals surface area contributed by atoms with Crippen LogP contribution >= 0.6 is 0 Å². The molecule has 1 amide bonds. The normalized spacial score (nSPS) is 11.0. The Bertz CT molecular complexity index is 714. The molecule has 0 aromatic heterocycles. The summed E-state index contributed by atoms with van der Waals surface area (Å²) in [5.74, 6) is -0.0680. The molecule has 1 N–H and O–H groups in total. The highest BCUT2D eigenvalue weighted by molar-refractivity contribution is 5.96. The minimum atomic E-state index is -0.0680. The van der Waals surface area contributed by atoms with Crippen molar-refractivity contribution in [2.45, 2.75) is 54.5 Å². The predicted molar refractivity (Wildman–Crippen MR) is 122 cm³/mol. The molecule has 0 radical (unpaired) electrons. The fourth-order valence-electron chi connectivity index (χ4n) is 2.43. The van der Waals surface area contributed by atoms with Crippen molar-refractivity contribution in [2.24, 2.45) is 0 Å². The largest absolute Gasteiger partial charge is 0.383 e. The summed E-state index contributed by atoms with van der Waals surface area (Å²) in [5, 5.41) is 2.95. The third kappa shape index (κ3) is 9.52. The summed E-state index contributed by atoms with van der Waals surface area (Å²) in [6, 6.07) is 14.3. The van der Waals surface area contributed by atoms with Crippen LogP contribution in [0.15, 0.2) is 54.6 Å². The number of hydrogen-bond donors (Lipinski definition) is 1. The van der Waals surface area contributed by atoms with E-state index in [9.17, 15) is 4.79 Å². The van der Waals surface area contributed by atoms with Crippen molar-refractivity contribution in [1.29, 1.82) is 0 Å². The molecular weight excluding hydrogens is 346 g/mol. The summed E-state index contributed by atoms with van der Waals surface area (Å²) in [5.41, 5.74) is 5.15. The number of carbonyl (C=O) groups is 1. The van der Waals surface area contributed by atoms with Crippen LogP contribution in [0.5, 0.6) is 0 Å². The van der Waals surface area contributed by atoms with Gasteiger partial charge in [0, 0.05) is 18.7 Å². The maximum Gasteiger partial charge on any atom is 0.251 e. The van der Waals surface area contributed by atoms with Gasteiger partial charge in [-0.3, -0.25) is 4.79 Å². The second-order valence-corrected chi connectivity index (χ2v) is 6.45. The molecule has 0 aliphatic carbocycles. The Morgan fingerprint density at radius 2 is 1.54 bits per heavy atom. The van der Waals surface area contributed by atoms with Crippen molar-refractivity contribution in [2.75, 3.05) is 13.7 Å². The number of allylic oxidation sites excluding steroid dienone is 2. The lowest BCUT2D eigenvalue weighted by atomic mass is 9.99. The average molecular weight is 384 g/mol. The molecule has 0 saturated carbocycles. The van der Waals surface area contributed by atoms with E-state index in [1.807, 2.05) is 65.8 Å². The highest BCUT2D eigenvalue weighted by Crippen LogP contribution is 2.23. The number of aryl methyl sites for hydroxylation is 2. The van der Waals surface area contributed by atoms with E-state index in [4.69, 9.17) is 4.74 Å². The lowest BCUT2D eigenvalue weighted by Gasteiger charge is -2.14. The van der Waals surface area contributed by atoms with E-state index in [2.05, 4.69) is 42.6 Å². The monoisotopic (exact) mass is 383 g/mol. The van der Waals surface area contributed by atoms with E-state index in [0.717, 1.165) is 16.7 Å². The number of methoxy groups -OCH3 is 1. The second kappa shape index (κ2) is 14.6. The van der Waals surface area contributed by atoms with Crippen LogP contribution in [0.4, 0.5) is 0 Å². The minimum absolute atomic E-state index is 0.0131. The smallest absolute Gasteiger partial charge is 0.251 e. The number of hydrogen-bond acceptors (Lipinski definition) is 2. The third-order valence-corrected chi connectivity index (χ3v) is 3.85. The Morgan fingerprint density at radius 1 is 0.964 bits per heavy atom. The SMILES string of the molecule is C/C=C\C.CC.COCC(C)NC(=O)c1cc(C)cc(-c2ccc(C)cc2)c1. The molecule has 0 aliphatic rings. The van der Waals surface area contributed by atoms with Crippen LogP contribution < -0.4 is 5.32 Å². The van der Waals surface area contributed by atoms with Gasteiger partial charge in [-0.15, -0.1) is 0 Å². The molecule has 154 valence electrons. The molecule has 2 aromatic rings. The number of ether oxygens (including phenoxy) is 1. The summed E-state index contributed by atoms with van der Waals surface area (Å²) in [6.45, 7) is 14.5. The molecule has 2 rings (SSSR count). The molecule has 0 heterocycles. The van der Waals surface area contributed by atoms with Crippen molar-refractivity contribution in [3.63, 3.8) is 0 Å². The van der Waals surface area contributed by atoms with Gasteiger partial charge in [-0.05, 0) is 63.4 Å². The predicted octanol–water partition coefficient (Wildman–Crippen LogP) is 6.34. The number of rotatable bonds is 5. The van der Waals surface area contributed by atoms with E-state index in [1.54, 1.807) is 7.11 Å². The fourth-order valence-corrected chi connectivity index (χ4v) is 2.43. The quantitative estimate of drug-likeness (QED) is 0.611. The summed E-state index contributed by atoms with van der Waals surface area (Å²) in [7, 11) is 1.63. The van der Waals surface area contributed by atoms with E-state index in [0.29, 0.717) is 12.2 Å². The van der Waals surface area contributed by atoms with Gasteiger partial charge in [0.2, 0.25) is 0 Å². The summed E-state index contributed by atoms with van der Waals surface area (Å²) in [6.07, 6.45) is 4.00. The van der Waals surface area contributed by atoms with Crippen LogP contribution in [0.25, 0.3) is 11.1 Å². The fraction of sp³-hybridized carbons (Fsp3) is 0.400. The van der Waals surface area contributed by atoms with Crippen molar-refractivity contribution in [3.05, 3.63) is 71.3 Å². The zero-order valence-electron chi connectivity index (χ0n) is 18.8. The van der Waals surface area contributed by atoms with Crippen molar-refractivity contribution in [3.8, 4) is 11.1 Å². The van der Waals surface area contributed by atoms with E-state index in [-0.39, 0.29) is 11.9 Å². The van der Waals surface area contributed by atoms with Crippen LogP contribution in [0.3, 0.4) is 0 Å². The standard InChI is InChI=1S/C19H23NO2.C4H8.C2H6/c1-13-5-7-16(8-6-13)17-9-14(2)10-18(11-17)19(21)20-15(3)12-22-4;1-3-4-2;1-2/h5-11,15H,12H2,1-4H3,(H,20,21);3-4H,1-2H3;1-2H3/b;4-3-;. The Balaban J connectivity index is 0.00000108. The first-order valence-corrected chi connectivity index (χ1v) is 9.97. The molecule has 3 heteroatoms.